The maximum atomic E-state index is 10.7. The van der Waals surface area contributed by atoms with Gasteiger partial charge in [0.15, 0.2) is 5.84 Å². The number of aromatic nitrogens is 1. The lowest BCUT2D eigenvalue weighted by Crippen LogP contribution is -2.18. The molecule has 0 saturated carbocycles. The summed E-state index contributed by atoms with van der Waals surface area (Å²) in [7, 11) is 0. The van der Waals surface area contributed by atoms with Crippen LogP contribution in [0.2, 0.25) is 0 Å². The first-order valence-electron chi connectivity index (χ1n) is 6.28. The van der Waals surface area contributed by atoms with Crippen molar-refractivity contribution in [2.75, 3.05) is 19.8 Å². The highest BCUT2D eigenvalue weighted by molar-refractivity contribution is 5.99. The summed E-state index contributed by atoms with van der Waals surface area (Å²) in [6.45, 7) is 5.18. The maximum absolute atomic E-state index is 10.7. The van der Waals surface area contributed by atoms with E-state index in [2.05, 4.69) is 10.1 Å². The van der Waals surface area contributed by atoms with Crippen molar-refractivity contribution in [2.45, 2.75) is 13.8 Å². The smallest absolute Gasteiger partial charge is 0.288 e. The molecule has 9 nitrogen and oxygen atoms in total. The monoisotopic (exact) mass is 298 g/mol. The van der Waals surface area contributed by atoms with Crippen molar-refractivity contribution in [3.63, 3.8) is 0 Å². The number of hydrogen-bond acceptors (Lipinski definition) is 7. The third kappa shape index (κ3) is 5.22. The molecule has 0 amide bonds. The predicted octanol–water partition coefficient (Wildman–Crippen LogP) is 1.14. The lowest BCUT2D eigenvalue weighted by molar-refractivity contribution is -0.385. The Bertz CT molecular complexity index is 518. The number of rotatable bonds is 8. The highest BCUT2D eigenvalue weighted by atomic mass is 16.6. The lowest BCUT2D eigenvalue weighted by Gasteiger charge is -2.10. The van der Waals surface area contributed by atoms with Crippen LogP contribution in [0.4, 0.5) is 5.69 Å². The number of hydrogen-bond donors (Lipinski definition) is 2. The summed E-state index contributed by atoms with van der Waals surface area (Å²) in [5.74, 6) is 0.142. The molecule has 0 aliphatic rings. The zero-order valence-corrected chi connectivity index (χ0v) is 11.9. The van der Waals surface area contributed by atoms with E-state index < -0.39 is 4.92 Å². The van der Waals surface area contributed by atoms with Gasteiger partial charge in [0.05, 0.1) is 17.1 Å². The Kier molecular flexibility index (Phi) is 6.34. The van der Waals surface area contributed by atoms with Gasteiger partial charge >= 0.3 is 0 Å². The molecule has 3 N–H and O–H groups in total. The maximum Gasteiger partial charge on any atom is 0.288 e. The molecule has 0 radical (unpaired) electrons. The molecule has 0 atom stereocenters. The van der Waals surface area contributed by atoms with E-state index in [1.54, 1.807) is 0 Å². The summed E-state index contributed by atoms with van der Waals surface area (Å²) in [5, 5.41) is 22.2. The van der Waals surface area contributed by atoms with Crippen molar-refractivity contribution >= 4 is 11.5 Å². The first-order valence-corrected chi connectivity index (χ1v) is 6.28. The van der Waals surface area contributed by atoms with Crippen LogP contribution in [0.5, 0.6) is 5.88 Å². The van der Waals surface area contributed by atoms with Gasteiger partial charge < -0.3 is 20.4 Å². The largest absolute Gasteiger partial charge is 0.475 e. The second-order valence-electron chi connectivity index (χ2n) is 4.61. The fourth-order valence-corrected chi connectivity index (χ4v) is 1.41. The molecule has 0 saturated heterocycles. The summed E-state index contributed by atoms with van der Waals surface area (Å²) in [6, 6.07) is 1.13. The normalized spacial score (nSPS) is 11.7. The van der Waals surface area contributed by atoms with E-state index in [0.717, 1.165) is 12.3 Å². The second-order valence-corrected chi connectivity index (χ2v) is 4.61. The standard InChI is InChI=1S/C12H18N4O5/c1-8(2)7-20-3-4-21-12-10(11(13)15-17)5-9(6-14-12)16(18)19/h5-6,8,17H,3-4,7H2,1-2H3,(H2,13,15). The highest BCUT2D eigenvalue weighted by Gasteiger charge is 2.16. The first-order chi connectivity index (χ1) is 9.95. The van der Waals surface area contributed by atoms with Crippen LogP contribution in [0.15, 0.2) is 17.4 Å². The third-order valence-corrected chi connectivity index (χ3v) is 2.35. The van der Waals surface area contributed by atoms with E-state index in [0.29, 0.717) is 19.1 Å². The van der Waals surface area contributed by atoms with Gasteiger partial charge in [-0.25, -0.2) is 4.98 Å². The zero-order chi connectivity index (χ0) is 15.8. The van der Waals surface area contributed by atoms with Gasteiger partial charge in [0, 0.05) is 12.7 Å². The summed E-state index contributed by atoms with van der Waals surface area (Å²) < 4.78 is 10.7. The molecule has 0 aromatic carbocycles. The van der Waals surface area contributed by atoms with Crippen LogP contribution >= 0.6 is 0 Å². The minimum Gasteiger partial charge on any atom is -0.475 e. The molecule has 1 aromatic rings. The van der Waals surface area contributed by atoms with Crippen molar-refractivity contribution in [3.8, 4) is 5.88 Å². The van der Waals surface area contributed by atoms with Crippen LogP contribution < -0.4 is 10.5 Å². The molecular weight excluding hydrogens is 280 g/mol. The number of nitrogens with two attached hydrogens (primary N) is 1. The minimum absolute atomic E-state index is 0.0454. The van der Waals surface area contributed by atoms with Gasteiger partial charge in [0.2, 0.25) is 5.88 Å². The first kappa shape index (κ1) is 16.6. The predicted molar refractivity (Wildman–Crippen MR) is 74.6 cm³/mol. The van der Waals surface area contributed by atoms with Crippen LogP contribution in [0.1, 0.15) is 19.4 Å². The molecule has 0 bridgehead atoms. The second kappa shape index (κ2) is 8.00. The van der Waals surface area contributed by atoms with Crippen molar-refractivity contribution in [3.05, 3.63) is 27.9 Å². The molecule has 9 heteroatoms. The number of nitro groups is 1. The molecule has 0 aliphatic heterocycles. The van der Waals surface area contributed by atoms with E-state index in [-0.39, 0.29) is 29.6 Å². The Morgan fingerprint density at radius 2 is 2.29 bits per heavy atom. The molecule has 21 heavy (non-hydrogen) atoms. The lowest BCUT2D eigenvalue weighted by atomic mass is 10.2. The van der Waals surface area contributed by atoms with Crippen LogP contribution in [0, 0.1) is 16.0 Å². The van der Waals surface area contributed by atoms with E-state index in [4.69, 9.17) is 20.4 Å². The molecular formula is C12H18N4O5. The Morgan fingerprint density at radius 3 is 2.86 bits per heavy atom. The Labute approximate surface area is 121 Å². The van der Waals surface area contributed by atoms with Crippen LogP contribution in [0.25, 0.3) is 0 Å². The molecule has 0 fully saturated rings. The summed E-state index contributed by atoms with van der Waals surface area (Å²) in [4.78, 5) is 13.9. The van der Waals surface area contributed by atoms with E-state index in [1.165, 1.54) is 0 Å². The van der Waals surface area contributed by atoms with Gasteiger partial charge in [-0.1, -0.05) is 19.0 Å². The number of ether oxygens (including phenoxy) is 2. The van der Waals surface area contributed by atoms with Gasteiger partial charge in [-0.05, 0) is 5.92 Å². The van der Waals surface area contributed by atoms with Crippen molar-refractivity contribution in [1.29, 1.82) is 0 Å². The Morgan fingerprint density at radius 1 is 1.57 bits per heavy atom. The summed E-state index contributed by atoms with van der Waals surface area (Å²) in [5.41, 5.74) is 5.23. The molecule has 116 valence electrons. The minimum atomic E-state index is -0.628. The van der Waals surface area contributed by atoms with Gasteiger partial charge in [-0.15, -0.1) is 0 Å². The number of amidine groups is 1. The average Bonchev–Trinajstić information content (AvgIpc) is 2.45. The molecule has 1 heterocycles. The van der Waals surface area contributed by atoms with Gasteiger partial charge in [-0.3, -0.25) is 10.1 Å². The van der Waals surface area contributed by atoms with Crippen molar-refractivity contribution in [2.24, 2.45) is 16.8 Å². The fraction of sp³-hybridized carbons (Fsp3) is 0.500. The summed E-state index contributed by atoms with van der Waals surface area (Å²) >= 11 is 0. The Balaban J connectivity index is 2.74. The van der Waals surface area contributed by atoms with Gasteiger partial charge in [0.1, 0.15) is 12.8 Å². The fourth-order valence-electron chi connectivity index (χ4n) is 1.41. The van der Waals surface area contributed by atoms with Gasteiger partial charge in [0.25, 0.3) is 5.69 Å². The average molecular weight is 298 g/mol. The third-order valence-electron chi connectivity index (χ3n) is 2.35. The van der Waals surface area contributed by atoms with E-state index in [9.17, 15) is 10.1 Å². The van der Waals surface area contributed by atoms with E-state index in [1.807, 2.05) is 13.8 Å². The van der Waals surface area contributed by atoms with Crippen LogP contribution in [-0.2, 0) is 4.74 Å². The van der Waals surface area contributed by atoms with Gasteiger partial charge in [-0.2, -0.15) is 0 Å². The quantitative estimate of drug-likeness (QED) is 0.183. The van der Waals surface area contributed by atoms with Crippen LogP contribution in [0.3, 0.4) is 0 Å². The van der Waals surface area contributed by atoms with Crippen LogP contribution in [-0.4, -0.2) is 40.8 Å². The number of pyridine rings is 1. The molecule has 0 unspecified atom stereocenters. The van der Waals surface area contributed by atoms with E-state index >= 15 is 0 Å². The highest BCUT2D eigenvalue weighted by Crippen LogP contribution is 2.20. The number of nitrogens with zero attached hydrogens (tertiary/aromatic N) is 3. The molecule has 0 spiro atoms. The SMILES string of the molecule is CC(C)COCCOc1ncc([N+](=O)[O-])cc1C(N)=NO. The zero-order valence-electron chi connectivity index (χ0n) is 11.9. The molecule has 1 aromatic heterocycles. The van der Waals surface area contributed by atoms with Crippen molar-refractivity contribution < 1.29 is 19.6 Å². The molecule has 0 aliphatic carbocycles. The van der Waals surface area contributed by atoms with Crippen molar-refractivity contribution in [1.82, 2.24) is 4.98 Å². The summed E-state index contributed by atoms with van der Waals surface area (Å²) in [6.07, 6.45) is 1.04. The topological polar surface area (TPSA) is 133 Å². The number of oxime groups is 1. The molecule has 1 rings (SSSR count). The Hall–Kier alpha value is -2.42.